The van der Waals surface area contributed by atoms with Crippen LogP contribution in [0.5, 0.6) is 23.1 Å². The largest absolute Gasteiger partial charge is 0.508 e. The lowest BCUT2D eigenvalue weighted by Crippen LogP contribution is -2.08. The number of ether oxygens (including phenoxy) is 2. The molecule has 8 nitrogen and oxygen atoms in total. The SMILES string of the molecule is COc1ccccc1OCCn1c(O)c(N=NC(=O)c2ccc(O)cc2)c2ccccc21. The van der Waals surface area contributed by atoms with Crippen molar-refractivity contribution < 1.29 is 24.5 Å². The number of rotatable bonds is 7. The van der Waals surface area contributed by atoms with E-state index in [2.05, 4.69) is 10.2 Å². The summed E-state index contributed by atoms with van der Waals surface area (Å²) in [5.74, 6) is 0.578. The summed E-state index contributed by atoms with van der Waals surface area (Å²) in [6.07, 6.45) is 0. The van der Waals surface area contributed by atoms with Crippen molar-refractivity contribution in [3.05, 3.63) is 78.4 Å². The first-order valence-electron chi connectivity index (χ1n) is 9.89. The van der Waals surface area contributed by atoms with Crippen LogP contribution in [0.3, 0.4) is 0 Å². The third-order valence-electron chi connectivity index (χ3n) is 4.91. The van der Waals surface area contributed by atoms with Crippen LogP contribution in [0.15, 0.2) is 83.0 Å². The minimum absolute atomic E-state index is 0.0505. The molecule has 1 amide bonds. The van der Waals surface area contributed by atoms with Crippen LogP contribution in [0, 0.1) is 0 Å². The Hall–Kier alpha value is -4.33. The Morgan fingerprint density at radius 3 is 2.38 bits per heavy atom. The van der Waals surface area contributed by atoms with Gasteiger partial charge in [-0.25, -0.2) is 0 Å². The van der Waals surface area contributed by atoms with Gasteiger partial charge in [0.05, 0.1) is 19.2 Å². The van der Waals surface area contributed by atoms with Crippen LogP contribution >= 0.6 is 0 Å². The normalized spacial score (nSPS) is 11.2. The number of carbonyl (C=O) groups is 1. The molecule has 0 aliphatic rings. The summed E-state index contributed by atoms with van der Waals surface area (Å²) in [5, 5.41) is 28.6. The number of nitrogens with zero attached hydrogens (tertiary/aromatic N) is 3. The molecule has 4 rings (SSSR count). The maximum Gasteiger partial charge on any atom is 0.295 e. The molecule has 1 heterocycles. The molecule has 0 aliphatic heterocycles. The number of benzene rings is 3. The Morgan fingerprint density at radius 2 is 1.62 bits per heavy atom. The van der Waals surface area contributed by atoms with Crippen LogP contribution in [-0.2, 0) is 6.54 Å². The highest BCUT2D eigenvalue weighted by molar-refractivity contribution is 5.97. The van der Waals surface area contributed by atoms with Gasteiger partial charge in [-0.05, 0) is 42.5 Å². The van der Waals surface area contributed by atoms with Crippen LogP contribution in [0.2, 0.25) is 0 Å². The summed E-state index contributed by atoms with van der Waals surface area (Å²) in [5.41, 5.74) is 1.21. The maximum absolute atomic E-state index is 12.3. The number of phenols is 1. The van der Waals surface area contributed by atoms with Crippen molar-refractivity contribution in [1.29, 1.82) is 0 Å². The summed E-state index contributed by atoms with van der Waals surface area (Å²) in [7, 11) is 1.57. The van der Waals surface area contributed by atoms with E-state index in [1.54, 1.807) is 23.8 Å². The number of methoxy groups -OCH3 is 1. The number of phenolic OH excluding ortho intramolecular Hbond substituents is 1. The smallest absolute Gasteiger partial charge is 0.295 e. The number of azo groups is 1. The lowest BCUT2D eigenvalue weighted by atomic mass is 10.2. The van der Waals surface area contributed by atoms with Crippen molar-refractivity contribution >= 4 is 22.5 Å². The van der Waals surface area contributed by atoms with Gasteiger partial charge in [-0.3, -0.25) is 4.79 Å². The van der Waals surface area contributed by atoms with E-state index in [0.29, 0.717) is 23.4 Å². The van der Waals surface area contributed by atoms with Gasteiger partial charge in [0.25, 0.3) is 5.91 Å². The lowest BCUT2D eigenvalue weighted by molar-refractivity contribution is 0.0995. The quantitative estimate of drug-likeness (QED) is 0.398. The highest BCUT2D eigenvalue weighted by Gasteiger charge is 2.17. The molecule has 0 saturated carbocycles. The molecule has 2 N–H and O–H groups in total. The first-order valence-corrected chi connectivity index (χ1v) is 9.89. The van der Waals surface area contributed by atoms with Crippen LogP contribution in [0.4, 0.5) is 5.69 Å². The van der Waals surface area contributed by atoms with Gasteiger partial charge in [0.15, 0.2) is 17.2 Å². The van der Waals surface area contributed by atoms with Crippen molar-refractivity contribution in [2.45, 2.75) is 6.54 Å². The Labute approximate surface area is 184 Å². The fourth-order valence-corrected chi connectivity index (χ4v) is 3.34. The van der Waals surface area contributed by atoms with Gasteiger partial charge >= 0.3 is 0 Å². The molecule has 0 fully saturated rings. The van der Waals surface area contributed by atoms with Gasteiger partial charge in [-0.1, -0.05) is 30.3 Å². The minimum Gasteiger partial charge on any atom is -0.508 e. The van der Waals surface area contributed by atoms with E-state index in [9.17, 15) is 15.0 Å². The molecule has 1 aromatic heterocycles. The molecule has 0 unspecified atom stereocenters. The Bertz CT molecular complexity index is 1280. The third kappa shape index (κ3) is 4.24. The Balaban J connectivity index is 1.57. The maximum atomic E-state index is 12.3. The molecule has 0 aliphatic carbocycles. The second-order valence-corrected chi connectivity index (χ2v) is 6.89. The molecule has 0 saturated heterocycles. The van der Waals surface area contributed by atoms with E-state index in [0.717, 1.165) is 5.52 Å². The summed E-state index contributed by atoms with van der Waals surface area (Å²) in [6.45, 7) is 0.613. The Kier molecular flexibility index (Phi) is 6.03. The number of aromatic hydroxyl groups is 2. The average Bonchev–Trinajstić information content (AvgIpc) is 3.09. The van der Waals surface area contributed by atoms with Crippen molar-refractivity contribution in [3.8, 4) is 23.1 Å². The monoisotopic (exact) mass is 431 g/mol. The lowest BCUT2D eigenvalue weighted by Gasteiger charge is -2.11. The first kappa shape index (κ1) is 20.9. The van der Waals surface area contributed by atoms with E-state index < -0.39 is 5.91 Å². The number of aromatic nitrogens is 1. The number of fused-ring (bicyclic) bond motifs is 1. The molecule has 0 bridgehead atoms. The summed E-state index contributed by atoms with van der Waals surface area (Å²) in [6, 6.07) is 20.3. The predicted molar refractivity (Wildman–Crippen MR) is 119 cm³/mol. The molecular formula is C24H21N3O5. The molecular weight excluding hydrogens is 410 g/mol. The highest BCUT2D eigenvalue weighted by atomic mass is 16.5. The first-order chi connectivity index (χ1) is 15.6. The highest BCUT2D eigenvalue weighted by Crippen LogP contribution is 2.39. The zero-order valence-corrected chi connectivity index (χ0v) is 17.3. The molecule has 8 heteroatoms. The number of carbonyl (C=O) groups excluding carboxylic acids is 1. The van der Waals surface area contributed by atoms with Gasteiger partial charge < -0.3 is 24.3 Å². The number of hydrogen-bond acceptors (Lipinski definition) is 6. The van der Waals surface area contributed by atoms with Gasteiger partial charge in [0.2, 0.25) is 5.88 Å². The predicted octanol–water partition coefficient (Wildman–Crippen LogP) is 5.06. The van der Waals surface area contributed by atoms with Crippen molar-refractivity contribution in [2.24, 2.45) is 10.2 Å². The summed E-state index contributed by atoms with van der Waals surface area (Å²) >= 11 is 0. The van der Waals surface area contributed by atoms with E-state index in [4.69, 9.17) is 9.47 Å². The van der Waals surface area contributed by atoms with Gasteiger partial charge in [0.1, 0.15) is 12.4 Å². The molecule has 0 spiro atoms. The zero-order valence-electron chi connectivity index (χ0n) is 17.3. The molecule has 0 atom stereocenters. The third-order valence-corrected chi connectivity index (χ3v) is 4.91. The second kappa shape index (κ2) is 9.22. The van der Waals surface area contributed by atoms with Crippen LogP contribution in [-0.4, -0.2) is 34.4 Å². The van der Waals surface area contributed by atoms with Crippen molar-refractivity contribution in [3.63, 3.8) is 0 Å². The number of hydrogen-bond donors (Lipinski definition) is 2. The van der Waals surface area contributed by atoms with Crippen molar-refractivity contribution in [1.82, 2.24) is 4.57 Å². The van der Waals surface area contributed by atoms with Crippen LogP contribution < -0.4 is 9.47 Å². The van der Waals surface area contributed by atoms with E-state index in [1.807, 2.05) is 36.4 Å². The fourth-order valence-electron chi connectivity index (χ4n) is 3.34. The number of para-hydroxylation sites is 3. The Morgan fingerprint density at radius 1 is 0.938 bits per heavy atom. The molecule has 3 aromatic carbocycles. The molecule has 4 aromatic rings. The minimum atomic E-state index is -0.583. The molecule has 162 valence electrons. The standard InChI is InChI=1S/C24H21N3O5/c1-31-20-8-4-5-9-21(20)32-15-14-27-19-7-3-2-6-18(19)22(24(27)30)25-26-23(29)16-10-12-17(28)13-11-16/h2-13,28,30H,14-15H2,1H3. The second-order valence-electron chi connectivity index (χ2n) is 6.89. The molecule has 0 radical (unpaired) electrons. The van der Waals surface area contributed by atoms with E-state index in [1.165, 1.54) is 24.3 Å². The van der Waals surface area contributed by atoms with Gasteiger partial charge in [0, 0.05) is 10.9 Å². The number of amides is 1. The summed E-state index contributed by atoms with van der Waals surface area (Å²) < 4.78 is 12.8. The van der Waals surface area contributed by atoms with E-state index >= 15 is 0 Å². The molecule has 32 heavy (non-hydrogen) atoms. The van der Waals surface area contributed by atoms with Gasteiger partial charge in [-0.15, -0.1) is 10.2 Å². The van der Waals surface area contributed by atoms with Gasteiger partial charge in [-0.2, -0.15) is 0 Å². The zero-order chi connectivity index (χ0) is 22.5. The van der Waals surface area contributed by atoms with Crippen molar-refractivity contribution in [2.75, 3.05) is 13.7 Å². The fraction of sp³-hybridized carbons (Fsp3) is 0.125. The summed E-state index contributed by atoms with van der Waals surface area (Å²) in [4.78, 5) is 12.3. The topological polar surface area (TPSA) is 106 Å². The average molecular weight is 431 g/mol. The van der Waals surface area contributed by atoms with E-state index in [-0.39, 0.29) is 29.5 Å². The van der Waals surface area contributed by atoms with Crippen LogP contribution in [0.25, 0.3) is 10.9 Å². The van der Waals surface area contributed by atoms with Crippen LogP contribution in [0.1, 0.15) is 10.4 Å².